The molecule has 1 aromatic rings. The van der Waals surface area contributed by atoms with Crippen LogP contribution in [0.2, 0.25) is 0 Å². The van der Waals surface area contributed by atoms with E-state index in [1.54, 1.807) is 13.1 Å². The Bertz CT molecular complexity index is 563. The lowest BCUT2D eigenvalue weighted by Gasteiger charge is -2.31. The van der Waals surface area contributed by atoms with Crippen LogP contribution in [0.4, 0.5) is 5.69 Å². The molecule has 0 aliphatic carbocycles. The molecule has 1 unspecified atom stereocenters. The lowest BCUT2D eigenvalue weighted by atomic mass is 9.99. The van der Waals surface area contributed by atoms with E-state index in [1.165, 1.54) is 6.42 Å². The average Bonchev–Trinajstić information content (AvgIpc) is 2.49. The van der Waals surface area contributed by atoms with Gasteiger partial charge >= 0.3 is 0 Å². The molecule has 1 fully saturated rings. The third-order valence-corrected chi connectivity index (χ3v) is 4.03. The Morgan fingerprint density at radius 3 is 2.70 bits per heavy atom. The summed E-state index contributed by atoms with van der Waals surface area (Å²) >= 11 is 0. The van der Waals surface area contributed by atoms with Gasteiger partial charge in [-0.25, -0.2) is 0 Å². The molecule has 128 valence electrons. The molecule has 1 atom stereocenters. The van der Waals surface area contributed by atoms with Crippen molar-refractivity contribution in [2.24, 2.45) is 5.92 Å². The molecule has 6 heteroatoms. The average molecular weight is 340 g/mol. The van der Waals surface area contributed by atoms with E-state index < -0.39 is 0 Å². The van der Waals surface area contributed by atoms with Crippen molar-refractivity contribution in [1.29, 1.82) is 0 Å². The molecule has 2 rings (SSSR count). The molecule has 2 N–H and O–H groups in total. The maximum Gasteiger partial charge on any atom is 0.253 e. The summed E-state index contributed by atoms with van der Waals surface area (Å²) in [4.78, 5) is 26.1. The predicted molar refractivity (Wildman–Crippen MR) is 95.3 cm³/mol. The fourth-order valence-electron chi connectivity index (χ4n) is 2.85. The molecule has 0 bridgehead atoms. The number of rotatable bonds is 4. The van der Waals surface area contributed by atoms with Crippen molar-refractivity contribution < 1.29 is 9.59 Å². The SMILES string of the molecule is CNCC(=O)Nc1ccc(C(=O)N2CCCC(C)C2)cc1C.Cl. The lowest BCUT2D eigenvalue weighted by molar-refractivity contribution is -0.115. The highest BCUT2D eigenvalue weighted by Crippen LogP contribution is 2.21. The third-order valence-electron chi connectivity index (χ3n) is 4.03. The van der Waals surface area contributed by atoms with Gasteiger partial charge in [0.2, 0.25) is 5.91 Å². The van der Waals surface area contributed by atoms with Crippen molar-refractivity contribution in [3.8, 4) is 0 Å². The number of carbonyl (C=O) groups excluding carboxylic acids is 2. The summed E-state index contributed by atoms with van der Waals surface area (Å²) in [5.41, 5.74) is 2.35. The van der Waals surface area contributed by atoms with E-state index in [9.17, 15) is 9.59 Å². The molecule has 0 aromatic heterocycles. The van der Waals surface area contributed by atoms with E-state index in [-0.39, 0.29) is 30.8 Å². The molecular weight excluding hydrogens is 314 g/mol. The zero-order valence-electron chi connectivity index (χ0n) is 14.0. The van der Waals surface area contributed by atoms with E-state index in [2.05, 4.69) is 17.6 Å². The minimum absolute atomic E-state index is 0. The largest absolute Gasteiger partial charge is 0.338 e. The van der Waals surface area contributed by atoms with E-state index in [0.717, 1.165) is 30.8 Å². The van der Waals surface area contributed by atoms with Gasteiger partial charge in [0.1, 0.15) is 0 Å². The zero-order chi connectivity index (χ0) is 16.1. The molecule has 1 aliphatic heterocycles. The van der Waals surface area contributed by atoms with Crippen LogP contribution in [0.5, 0.6) is 0 Å². The van der Waals surface area contributed by atoms with Gasteiger partial charge in [-0.1, -0.05) is 6.92 Å². The van der Waals surface area contributed by atoms with Crippen molar-refractivity contribution in [3.63, 3.8) is 0 Å². The number of amides is 2. The molecule has 1 saturated heterocycles. The number of carbonyl (C=O) groups is 2. The minimum atomic E-state index is -0.0884. The fraction of sp³-hybridized carbons (Fsp3) is 0.529. The van der Waals surface area contributed by atoms with Crippen LogP contribution in [0.3, 0.4) is 0 Å². The second kappa shape index (κ2) is 8.89. The monoisotopic (exact) mass is 339 g/mol. The van der Waals surface area contributed by atoms with E-state index in [0.29, 0.717) is 11.5 Å². The van der Waals surface area contributed by atoms with Crippen LogP contribution in [0.15, 0.2) is 18.2 Å². The smallest absolute Gasteiger partial charge is 0.253 e. The van der Waals surface area contributed by atoms with E-state index in [1.807, 2.05) is 24.0 Å². The second-order valence-corrected chi connectivity index (χ2v) is 6.11. The summed E-state index contributed by atoms with van der Waals surface area (Å²) in [5, 5.41) is 5.65. The standard InChI is InChI=1S/C17H25N3O2.ClH/c1-12-5-4-8-20(11-12)17(22)14-6-7-15(13(2)9-14)19-16(21)10-18-3;/h6-7,9,12,18H,4-5,8,10-11H2,1-3H3,(H,19,21);1H. The van der Waals surface area contributed by atoms with Gasteiger partial charge in [0.15, 0.2) is 0 Å². The maximum absolute atomic E-state index is 12.6. The van der Waals surface area contributed by atoms with Gasteiger partial charge in [-0.15, -0.1) is 12.4 Å². The third kappa shape index (κ3) is 5.22. The van der Waals surface area contributed by atoms with Crippen molar-refractivity contribution >= 4 is 29.9 Å². The first-order chi connectivity index (χ1) is 10.5. The van der Waals surface area contributed by atoms with E-state index in [4.69, 9.17) is 0 Å². The van der Waals surface area contributed by atoms with Gasteiger partial charge in [-0.3, -0.25) is 9.59 Å². The molecule has 0 radical (unpaired) electrons. The van der Waals surface area contributed by atoms with Crippen molar-refractivity contribution in [2.75, 3.05) is 32.0 Å². The number of nitrogens with one attached hydrogen (secondary N) is 2. The van der Waals surface area contributed by atoms with Crippen LogP contribution in [0, 0.1) is 12.8 Å². The number of hydrogen-bond acceptors (Lipinski definition) is 3. The van der Waals surface area contributed by atoms with E-state index >= 15 is 0 Å². The summed E-state index contributed by atoms with van der Waals surface area (Å²) in [6.45, 7) is 6.03. The summed E-state index contributed by atoms with van der Waals surface area (Å²) < 4.78 is 0. The molecule has 23 heavy (non-hydrogen) atoms. The summed E-state index contributed by atoms with van der Waals surface area (Å²) in [6, 6.07) is 5.46. The number of likely N-dealkylation sites (N-methyl/N-ethyl adjacent to an activating group) is 1. The molecular formula is C17H26ClN3O2. The van der Waals surface area contributed by atoms with Crippen LogP contribution in [0.25, 0.3) is 0 Å². The number of anilines is 1. The molecule has 2 amide bonds. The normalized spacial score (nSPS) is 17.3. The predicted octanol–water partition coefficient (Wildman–Crippen LogP) is 2.45. The van der Waals surface area contributed by atoms with Crippen molar-refractivity contribution in [3.05, 3.63) is 29.3 Å². The first kappa shape index (κ1) is 19.5. The van der Waals surface area contributed by atoms with Crippen LogP contribution in [-0.4, -0.2) is 43.4 Å². The van der Waals surface area contributed by atoms with Gasteiger partial charge in [-0.2, -0.15) is 0 Å². The lowest BCUT2D eigenvalue weighted by Crippen LogP contribution is -2.39. The number of aryl methyl sites for hydroxylation is 1. The van der Waals surface area contributed by atoms with Crippen LogP contribution < -0.4 is 10.6 Å². The molecule has 0 saturated carbocycles. The van der Waals surface area contributed by atoms with Crippen molar-refractivity contribution in [2.45, 2.75) is 26.7 Å². The highest BCUT2D eigenvalue weighted by Gasteiger charge is 2.22. The van der Waals surface area contributed by atoms with Crippen LogP contribution in [-0.2, 0) is 4.79 Å². The van der Waals surface area contributed by atoms with Gasteiger partial charge in [-0.05, 0) is 56.5 Å². The quantitative estimate of drug-likeness (QED) is 0.885. The number of nitrogens with zero attached hydrogens (tertiary/aromatic N) is 1. The topological polar surface area (TPSA) is 61.4 Å². The summed E-state index contributed by atoms with van der Waals surface area (Å²) in [5.74, 6) is 0.566. The summed E-state index contributed by atoms with van der Waals surface area (Å²) in [6.07, 6.45) is 2.27. The maximum atomic E-state index is 12.6. The minimum Gasteiger partial charge on any atom is -0.338 e. The van der Waals surface area contributed by atoms with Crippen LogP contribution >= 0.6 is 12.4 Å². The number of halogens is 1. The molecule has 0 spiro atoms. The Kier molecular flexibility index (Phi) is 7.52. The van der Waals surface area contributed by atoms with Gasteiger partial charge < -0.3 is 15.5 Å². The number of piperidine rings is 1. The van der Waals surface area contributed by atoms with Gasteiger partial charge in [0, 0.05) is 24.3 Å². The second-order valence-electron chi connectivity index (χ2n) is 6.11. The Balaban J connectivity index is 0.00000264. The highest BCUT2D eigenvalue weighted by atomic mass is 35.5. The first-order valence-electron chi connectivity index (χ1n) is 7.85. The molecule has 1 heterocycles. The van der Waals surface area contributed by atoms with Crippen molar-refractivity contribution in [1.82, 2.24) is 10.2 Å². The molecule has 1 aromatic carbocycles. The first-order valence-corrected chi connectivity index (χ1v) is 7.85. The van der Waals surface area contributed by atoms with Gasteiger partial charge in [0.25, 0.3) is 5.91 Å². The Morgan fingerprint density at radius 1 is 1.35 bits per heavy atom. The van der Waals surface area contributed by atoms with Gasteiger partial charge in [0.05, 0.1) is 6.54 Å². The zero-order valence-corrected chi connectivity index (χ0v) is 14.8. The number of hydrogen-bond donors (Lipinski definition) is 2. The summed E-state index contributed by atoms with van der Waals surface area (Å²) in [7, 11) is 1.73. The molecule has 5 nitrogen and oxygen atoms in total. The molecule has 1 aliphatic rings. The Labute approximate surface area is 144 Å². The number of likely N-dealkylation sites (tertiary alicyclic amines) is 1. The van der Waals surface area contributed by atoms with Crippen LogP contribution in [0.1, 0.15) is 35.7 Å². The highest BCUT2D eigenvalue weighted by molar-refractivity contribution is 5.97. The fourth-order valence-corrected chi connectivity index (χ4v) is 2.85. The Hall–Kier alpha value is -1.59. The number of benzene rings is 1. The Morgan fingerprint density at radius 2 is 2.09 bits per heavy atom.